The van der Waals surface area contributed by atoms with Crippen molar-refractivity contribution in [1.82, 2.24) is 9.80 Å². The van der Waals surface area contributed by atoms with Crippen LogP contribution in [0.2, 0.25) is 0 Å². The minimum absolute atomic E-state index is 0.0921. The number of unbranched alkanes of at least 4 members (excludes halogenated alkanes) is 2. The second-order valence-electron chi connectivity index (χ2n) is 9.92. The Morgan fingerprint density at radius 1 is 1.29 bits per heavy atom. The molecular formula is C26H40N2O5S. The van der Waals surface area contributed by atoms with Crippen molar-refractivity contribution in [3.05, 3.63) is 25.3 Å². The van der Waals surface area contributed by atoms with Crippen molar-refractivity contribution < 1.29 is 24.2 Å². The molecule has 2 amide bonds. The predicted molar refractivity (Wildman–Crippen MR) is 134 cm³/mol. The zero-order valence-corrected chi connectivity index (χ0v) is 21.6. The van der Waals surface area contributed by atoms with Gasteiger partial charge in [0.15, 0.2) is 0 Å². The van der Waals surface area contributed by atoms with Crippen LogP contribution in [0.1, 0.15) is 59.3 Å². The van der Waals surface area contributed by atoms with Gasteiger partial charge in [-0.3, -0.25) is 14.4 Å². The number of ether oxygens (including phenoxy) is 1. The van der Waals surface area contributed by atoms with Gasteiger partial charge in [-0.15, -0.1) is 18.3 Å². The normalized spacial score (nSPS) is 32.4. The van der Waals surface area contributed by atoms with Crippen molar-refractivity contribution >= 4 is 29.5 Å². The Bertz CT molecular complexity index is 815. The number of carbonyl (C=O) groups is 3. The minimum Gasteiger partial charge on any atom is -0.461 e. The quantitative estimate of drug-likeness (QED) is 0.241. The summed E-state index contributed by atoms with van der Waals surface area (Å²) in [6, 6.07) is -1.19. The van der Waals surface area contributed by atoms with Crippen molar-refractivity contribution in [2.75, 3.05) is 26.3 Å². The molecule has 0 radical (unpaired) electrons. The van der Waals surface area contributed by atoms with Gasteiger partial charge in [0.25, 0.3) is 0 Å². The van der Waals surface area contributed by atoms with Crippen LogP contribution in [0.3, 0.4) is 0 Å². The van der Waals surface area contributed by atoms with Gasteiger partial charge in [-0.25, -0.2) is 0 Å². The second-order valence-corrected chi connectivity index (χ2v) is 11.8. The number of fused-ring (bicyclic) bond motifs is 1. The SMILES string of the molecule is C=CCOC(=O)[C@@H]1[C@H]2C(=O)N([C@@H](CC)CO)C(C(=O)N(CC=C)CCCCC)C23CC[C@@]1(C)S3. The summed E-state index contributed by atoms with van der Waals surface area (Å²) in [5.41, 5.74) is 0. The van der Waals surface area contributed by atoms with Crippen molar-refractivity contribution in [2.45, 2.75) is 80.9 Å². The first-order valence-electron chi connectivity index (χ1n) is 12.6. The van der Waals surface area contributed by atoms with Gasteiger partial charge in [-0.2, -0.15) is 0 Å². The lowest BCUT2D eigenvalue weighted by Gasteiger charge is -2.39. The van der Waals surface area contributed by atoms with Crippen LogP contribution in [0.25, 0.3) is 0 Å². The van der Waals surface area contributed by atoms with Crippen LogP contribution in [0, 0.1) is 11.8 Å². The standard InChI is InChI=1S/C26H40N2O5S/c1-6-10-11-15-27(14-7-2)23(31)21-26-13-12-25(5,34-26)20(24(32)33-16-8-3)19(26)22(30)28(21)18(9-4)17-29/h7-8,18-21,29H,2-3,6,9-17H2,1,4-5H3/t18-,19-,20-,21?,25+,26?/m0/s1. The van der Waals surface area contributed by atoms with Gasteiger partial charge in [0.05, 0.1) is 29.2 Å². The van der Waals surface area contributed by atoms with Crippen LogP contribution in [-0.4, -0.2) is 80.6 Å². The van der Waals surface area contributed by atoms with Gasteiger partial charge in [0.2, 0.25) is 11.8 Å². The van der Waals surface area contributed by atoms with E-state index in [4.69, 9.17) is 4.74 Å². The molecule has 0 aromatic rings. The van der Waals surface area contributed by atoms with Crippen LogP contribution < -0.4 is 0 Å². The van der Waals surface area contributed by atoms with E-state index in [9.17, 15) is 19.5 Å². The summed E-state index contributed by atoms with van der Waals surface area (Å²) in [6.07, 6.45) is 8.13. The zero-order valence-electron chi connectivity index (χ0n) is 20.8. The molecule has 8 heteroatoms. The molecule has 190 valence electrons. The van der Waals surface area contributed by atoms with Crippen LogP contribution in [0.5, 0.6) is 0 Å². The molecule has 0 saturated carbocycles. The molecule has 7 nitrogen and oxygen atoms in total. The van der Waals surface area contributed by atoms with E-state index in [2.05, 4.69) is 20.1 Å². The van der Waals surface area contributed by atoms with Crippen molar-refractivity contribution in [2.24, 2.45) is 11.8 Å². The summed E-state index contributed by atoms with van der Waals surface area (Å²) in [4.78, 5) is 44.8. The number of aliphatic hydroxyl groups excluding tert-OH is 1. The van der Waals surface area contributed by atoms with Gasteiger partial charge in [-0.1, -0.05) is 45.4 Å². The molecule has 3 aliphatic heterocycles. The molecule has 34 heavy (non-hydrogen) atoms. The Morgan fingerprint density at radius 2 is 2.03 bits per heavy atom. The minimum atomic E-state index is -0.715. The third-order valence-electron chi connectivity index (χ3n) is 7.81. The molecule has 3 heterocycles. The molecule has 3 saturated heterocycles. The third kappa shape index (κ3) is 4.32. The van der Waals surface area contributed by atoms with E-state index in [1.54, 1.807) is 27.6 Å². The number of rotatable bonds is 13. The summed E-state index contributed by atoms with van der Waals surface area (Å²) in [5, 5.41) is 10.1. The Labute approximate surface area is 208 Å². The number of hydrogen-bond acceptors (Lipinski definition) is 6. The monoisotopic (exact) mass is 492 g/mol. The van der Waals surface area contributed by atoms with E-state index >= 15 is 0 Å². The molecule has 6 atom stereocenters. The Kier molecular flexibility index (Phi) is 8.56. The van der Waals surface area contributed by atoms with Crippen LogP contribution in [0.4, 0.5) is 0 Å². The zero-order chi connectivity index (χ0) is 25.1. The van der Waals surface area contributed by atoms with Gasteiger partial charge in [-0.05, 0) is 32.6 Å². The molecule has 2 unspecified atom stereocenters. The lowest BCUT2D eigenvalue weighted by Crippen LogP contribution is -2.57. The van der Waals surface area contributed by atoms with E-state index in [1.165, 1.54) is 6.08 Å². The molecule has 2 bridgehead atoms. The smallest absolute Gasteiger partial charge is 0.311 e. The fourth-order valence-electron chi connectivity index (χ4n) is 6.21. The lowest BCUT2D eigenvalue weighted by atomic mass is 9.66. The molecular weight excluding hydrogens is 452 g/mol. The third-order valence-corrected chi connectivity index (χ3v) is 9.80. The maximum absolute atomic E-state index is 14.2. The maximum Gasteiger partial charge on any atom is 0.311 e. The summed E-state index contributed by atoms with van der Waals surface area (Å²) in [7, 11) is 0. The lowest BCUT2D eigenvalue weighted by molar-refractivity contribution is -0.155. The molecule has 0 aromatic heterocycles. The van der Waals surface area contributed by atoms with Crippen LogP contribution in [-0.2, 0) is 19.1 Å². The molecule has 1 spiro atoms. The number of nitrogens with zero attached hydrogens (tertiary/aromatic N) is 2. The average molecular weight is 493 g/mol. The predicted octanol–water partition coefficient (Wildman–Crippen LogP) is 3.17. The number of carbonyl (C=O) groups excluding carboxylic acids is 3. The van der Waals surface area contributed by atoms with Gasteiger partial charge in [0.1, 0.15) is 12.6 Å². The van der Waals surface area contributed by atoms with Crippen molar-refractivity contribution in [3.63, 3.8) is 0 Å². The number of likely N-dealkylation sites (tertiary alicyclic amines) is 1. The first-order valence-corrected chi connectivity index (χ1v) is 13.4. The van der Waals surface area contributed by atoms with Crippen LogP contribution in [0.15, 0.2) is 25.3 Å². The summed E-state index contributed by atoms with van der Waals surface area (Å²) >= 11 is 1.62. The molecule has 0 aliphatic carbocycles. The van der Waals surface area contributed by atoms with E-state index in [1.807, 2.05) is 13.8 Å². The molecule has 3 rings (SSSR count). The Hall–Kier alpha value is -1.80. The highest BCUT2D eigenvalue weighted by Gasteiger charge is 2.78. The topological polar surface area (TPSA) is 87.1 Å². The number of thioether (sulfide) groups is 1. The van der Waals surface area contributed by atoms with E-state index in [0.717, 1.165) is 25.7 Å². The number of esters is 1. The summed E-state index contributed by atoms with van der Waals surface area (Å²) in [6.45, 7) is 14.4. The fraction of sp³-hybridized carbons (Fsp3) is 0.731. The first kappa shape index (κ1) is 26.8. The highest BCUT2D eigenvalue weighted by Crippen LogP contribution is 2.71. The van der Waals surface area contributed by atoms with Gasteiger partial charge >= 0.3 is 5.97 Å². The van der Waals surface area contributed by atoms with Gasteiger partial charge < -0.3 is 19.6 Å². The van der Waals surface area contributed by atoms with Crippen molar-refractivity contribution in [1.29, 1.82) is 0 Å². The molecule has 3 aliphatic rings. The summed E-state index contributed by atoms with van der Waals surface area (Å²) in [5.74, 6) is -1.96. The summed E-state index contributed by atoms with van der Waals surface area (Å²) < 4.78 is 4.28. The van der Waals surface area contributed by atoms with Crippen LogP contribution >= 0.6 is 11.8 Å². The highest BCUT2D eigenvalue weighted by atomic mass is 32.2. The highest BCUT2D eigenvalue weighted by molar-refractivity contribution is 8.02. The Balaban J connectivity index is 2.05. The maximum atomic E-state index is 14.2. The number of hydrogen-bond donors (Lipinski definition) is 1. The number of amides is 2. The fourth-order valence-corrected chi connectivity index (χ4v) is 8.54. The molecule has 0 aromatic carbocycles. The van der Waals surface area contributed by atoms with E-state index < -0.39 is 39.4 Å². The first-order chi connectivity index (χ1) is 16.3. The second kappa shape index (κ2) is 10.9. The Morgan fingerprint density at radius 3 is 2.62 bits per heavy atom. The molecule has 3 fully saturated rings. The average Bonchev–Trinajstić information content (AvgIpc) is 3.39. The number of aliphatic hydroxyl groups is 1. The van der Waals surface area contributed by atoms with E-state index in [0.29, 0.717) is 25.9 Å². The van der Waals surface area contributed by atoms with E-state index in [-0.39, 0.29) is 25.0 Å². The molecule has 1 N–H and O–H groups in total. The largest absolute Gasteiger partial charge is 0.461 e. The van der Waals surface area contributed by atoms with Crippen molar-refractivity contribution in [3.8, 4) is 0 Å². The van der Waals surface area contributed by atoms with Gasteiger partial charge in [0, 0.05) is 17.8 Å².